The zero-order valence-corrected chi connectivity index (χ0v) is 14.7. The highest BCUT2D eigenvalue weighted by atomic mass is 16.3. The SMILES string of the molecule is CC(=O)Nc1cc(C(=O)NC(C)C(O)Cc2ccccc2)ccc1C. The zero-order valence-electron chi connectivity index (χ0n) is 14.7. The molecule has 0 bridgehead atoms. The van der Waals surface area contributed by atoms with Crippen LogP contribution in [0.4, 0.5) is 5.69 Å². The van der Waals surface area contributed by atoms with Crippen LogP contribution >= 0.6 is 0 Å². The fraction of sp³-hybridized carbons (Fsp3) is 0.300. The van der Waals surface area contributed by atoms with E-state index in [0.717, 1.165) is 11.1 Å². The van der Waals surface area contributed by atoms with Crippen LogP contribution < -0.4 is 10.6 Å². The van der Waals surface area contributed by atoms with E-state index in [0.29, 0.717) is 17.7 Å². The number of hydrogen-bond acceptors (Lipinski definition) is 3. The van der Waals surface area contributed by atoms with Gasteiger partial charge < -0.3 is 15.7 Å². The fourth-order valence-corrected chi connectivity index (χ4v) is 2.51. The number of aliphatic hydroxyl groups excluding tert-OH is 1. The van der Waals surface area contributed by atoms with Crippen molar-refractivity contribution in [1.29, 1.82) is 0 Å². The molecule has 3 N–H and O–H groups in total. The fourth-order valence-electron chi connectivity index (χ4n) is 2.51. The standard InChI is InChI=1S/C20H24N2O3/c1-13-9-10-17(12-18(13)22-15(3)23)20(25)21-14(2)19(24)11-16-7-5-4-6-8-16/h4-10,12,14,19,24H,11H2,1-3H3,(H,21,25)(H,22,23). The number of rotatable bonds is 6. The van der Waals surface area contributed by atoms with Gasteiger partial charge >= 0.3 is 0 Å². The first-order chi connectivity index (χ1) is 11.9. The van der Waals surface area contributed by atoms with E-state index in [1.54, 1.807) is 25.1 Å². The summed E-state index contributed by atoms with van der Waals surface area (Å²) in [5, 5.41) is 15.8. The Morgan fingerprint density at radius 1 is 1.12 bits per heavy atom. The predicted molar refractivity (Wildman–Crippen MR) is 98.6 cm³/mol. The molecule has 2 amide bonds. The van der Waals surface area contributed by atoms with Crippen molar-refractivity contribution in [3.63, 3.8) is 0 Å². The molecule has 2 atom stereocenters. The number of carbonyl (C=O) groups excluding carboxylic acids is 2. The first kappa shape index (κ1) is 18.7. The molecule has 2 aromatic rings. The second kappa shape index (κ2) is 8.44. The van der Waals surface area contributed by atoms with Crippen molar-refractivity contribution in [3.8, 4) is 0 Å². The van der Waals surface area contributed by atoms with Crippen molar-refractivity contribution in [3.05, 3.63) is 65.2 Å². The summed E-state index contributed by atoms with van der Waals surface area (Å²) in [4.78, 5) is 23.7. The number of nitrogens with one attached hydrogen (secondary N) is 2. The van der Waals surface area contributed by atoms with Crippen LogP contribution in [-0.4, -0.2) is 29.1 Å². The molecule has 2 aromatic carbocycles. The minimum Gasteiger partial charge on any atom is -0.391 e. The largest absolute Gasteiger partial charge is 0.391 e. The van der Waals surface area contributed by atoms with Crippen LogP contribution in [0.25, 0.3) is 0 Å². The molecule has 0 aliphatic carbocycles. The first-order valence-corrected chi connectivity index (χ1v) is 8.28. The van der Waals surface area contributed by atoms with Crippen molar-refractivity contribution >= 4 is 17.5 Å². The molecule has 0 aliphatic rings. The number of carbonyl (C=O) groups is 2. The van der Waals surface area contributed by atoms with Crippen LogP contribution in [0.2, 0.25) is 0 Å². The van der Waals surface area contributed by atoms with Gasteiger partial charge in [0.1, 0.15) is 0 Å². The van der Waals surface area contributed by atoms with Gasteiger partial charge in [0.05, 0.1) is 12.1 Å². The smallest absolute Gasteiger partial charge is 0.251 e. The highest BCUT2D eigenvalue weighted by molar-refractivity contribution is 5.97. The summed E-state index contributed by atoms with van der Waals surface area (Å²) in [6.45, 7) is 5.06. The molecule has 0 saturated heterocycles. The lowest BCUT2D eigenvalue weighted by Gasteiger charge is -2.21. The van der Waals surface area contributed by atoms with Crippen LogP contribution in [0.5, 0.6) is 0 Å². The third-order valence-corrected chi connectivity index (χ3v) is 4.03. The average molecular weight is 340 g/mol. The third-order valence-electron chi connectivity index (χ3n) is 4.03. The molecule has 2 rings (SSSR count). The number of benzene rings is 2. The average Bonchev–Trinajstić information content (AvgIpc) is 2.57. The molecule has 0 aliphatic heterocycles. The van der Waals surface area contributed by atoms with Gasteiger partial charge in [0.2, 0.25) is 5.91 Å². The van der Waals surface area contributed by atoms with Crippen molar-refractivity contribution in [2.45, 2.75) is 39.3 Å². The molecule has 0 saturated carbocycles. The van der Waals surface area contributed by atoms with Crippen LogP contribution in [0, 0.1) is 6.92 Å². The van der Waals surface area contributed by atoms with E-state index in [-0.39, 0.29) is 11.8 Å². The molecule has 0 radical (unpaired) electrons. The van der Waals surface area contributed by atoms with Gasteiger partial charge in [0.15, 0.2) is 0 Å². The van der Waals surface area contributed by atoms with Crippen LogP contribution in [-0.2, 0) is 11.2 Å². The molecule has 0 aromatic heterocycles. The predicted octanol–water partition coefficient (Wildman–Crippen LogP) is 2.68. The van der Waals surface area contributed by atoms with E-state index in [1.807, 2.05) is 37.3 Å². The summed E-state index contributed by atoms with van der Waals surface area (Å²) in [5.41, 5.74) is 2.94. The summed E-state index contributed by atoms with van der Waals surface area (Å²) in [5.74, 6) is -0.474. The van der Waals surface area contributed by atoms with E-state index in [2.05, 4.69) is 10.6 Å². The Hall–Kier alpha value is -2.66. The Labute approximate surface area is 148 Å². The van der Waals surface area contributed by atoms with Gasteiger partial charge in [-0.2, -0.15) is 0 Å². The monoisotopic (exact) mass is 340 g/mol. The Bertz CT molecular complexity index is 744. The Balaban J connectivity index is 2.02. The maximum absolute atomic E-state index is 12.4. The minimum atomic E-state index is -0.688. The molecule has 25 heavy (non-hydrogen) atoms. The lowest BCUT2D eigenvalue weighted by atomic mass is 10.0. The molecule has 5 heteroatoms. The van der Waals surface area contributed by atoms with E-state index in [4.69, 9.17) is 0 Å². The van der Waals surface area contributed by atoms with Crippen molar-refractivity contribution in [2.24, 2.45) is 0 Å². The maximum atomic E-state index is 12.4. The maximum Gasteiger partial charge on any atom is 0.251 e. The number of hydrogen-bond donors (Lipinski definition) is 3. The minimum absolute atomic E-state index is 0.188. The highest BCUT2D eigenvalue weighted by Gasteiger charge is 2.18. The molecular weight excluding hydrogens is 316 g/mol. The number of aryl methyl sites for hydroxylation is 1. The number of anilines is 1. The topological polar surface area (TPSA) is 78.4 Å². The first-order valence-electron chi connectivity index (χ1n) is 8.28. The van der Waals surface area contributed by atoms with E-state index in [9.17, 15) is 14.7 Å². The van der Waals surface area contributed by atoms with E-state index in [1.165, 1.54) is 6.92 Å². The zero-order chi connectivity index (χ0) is 18.4. The molecule has 132 valence electrons. The van der Waals surface area contributed by atoms with Crippen molar-refractivity contribution in [2.75, 3.05) is 5.32 Å². The van der Waals surface area contributed by atoms with Gasteiger partial charge in [-0.15, -0.1) is 0 Å². The summed E-state index contributed by atoms with van der Waals surface area (Å²) in [6, 6.07) is 14.4. The van der Waals surface area contributed by atoms with Gasteiger partial charge in [0, 0.05) is 24.6 Å². The van der Waals surface area contributed by atoms with Gasteiger partial charge in [-0.3, -0.25) is 9.59 Å². The number of aliphatic hydroxyl groups is 1. The quantitative estimate of drug-likeness (QED) is 0.756. The third kappa shape index (κ3) is 5.43. The van der Waals surface area contributed by atoms with E-state index < -0.39 is 12.1 Å². The second-order valence-corrected chi connectivity index (χ2v) is 6.23. The molecule has 0 heterocycles. The van der Waals surface area contributed by atoms with Crippen molar-refractivity contribution in [1.82, 2.24) is 5.32 Å². The molecule has 2 unspecified atom stereocenters. The van der Waals surface area contributed by atoms with Gasteiger partial charge in [-0.05, 0) is 37.1 Å². The lowest BCUT2D eigenvalue weighted by molar-refractivity contribution is -0.114. The Morgan fingerprint density at radius 2 is 1.80 bits per heavy atom. The summed E-state index contributed by atoms with van der Waals surface area (Å²) >= 11 is 0. The van der Waals surface area contributed by atoms with Crippen LogP contribution in [0.15, 0.2) is 48.5 Å². The Morgan fingerprint density at radius 3 is 2.44 bits per heavy atom. The van der Waals surface area contributed by atoms with Gasteiger partial charge in [-0.1, -0.05) is 36.4 Å². The van der Waals surface area contributed by atoms with E-state index >= 15 is 0 Å². The van der Waals surface area contributed by atoms with Crippen molar-refractivity contribution < 1.29 is 14.7 Å². The summed E-state index contributed by atoms with van der Waals surface area (Å²) in [7, 11) is 0. The highest BCUT2D eigenvalue weighted by Crippen LogP contribution is 2.17. The molecular formula is C20H24N2O3. The normalized spacial score (nSPS) is 13.0. The molecule has 0 fully saturated rings. The van der Waals surface area contributed by atoms with Crippen LogP contribution in [0.1, 0.15) is 35.3 Å². The van der Waals surface area contributed by atoms with Gasteiger partial charge in [0.25, 0.3) is 5.91 Å². The lowest BCUT2D eigenvalue weighted by Crippen LogP contribution is -2.42. The molecule has 0 spiro atoms. The Kier molecular flexibility index (Phi) is 6.31. The summed E-state index contributed by atoms with van der Waals surface area (Å²) in [6.07, 6.45) is -0.223. The molecule has 5 nitrogen and oxygen atoms in total. The van der Waals surface area contributed by atoms with Gasteiger partial charge in [-0.25, -0.2) is 0 Å². The second-order valence-electron chi connectivity index (χ2n) is 6.23. The van der Waals surface area contributed by atoms with Crippen LogP contribution in [0.3, 0.4) is 0 Å². The number of amides is 2. The summed E-state index contributed by atoms with van der Waals surface area (Å²) < 4.78 is 0.